The van der Waals surface area contributed by atoms with Gasteiger partial charge in [0.25, 0.3) is 5.91 Å². The highest BCUT2D eigenvalue weighted by molar-refractivity contribution is 5.92. The number of fused-ring (bicyclic) bond motifs is 1. The maximum atomic E-state index is 12.4. The molecular formula is C14H17N3O3. The molecule has 1 aromatic heterocycles. The van der Waals surface area contributed by atoms with Crippen molar-refractivity contribution in [2.75, 3.05) is 19.7 Å². The number of aryl methyl sites for hydroxylation is 1. The van der Waals surface area contributed by atoms with Crippen molar-refractivity contribution in [3.63, 3.8) is 0 Å². The minimum Gasteiger partial charge on any atom is -0.366 e. The predicted octanol–water partition coefficient (Wildman–Crippen LogP) is 0.120. The SMILES string of the molecule is Cc1cccc(C(=O)N2CC[C@H]3OCC(=O)N[C@H]3C2)n1. The topological polar surface area (TPSA) is 71.5 Å². The lowest BCUT2D eigenvalue weighted by molar-refractivity contribution is -0.139. The third-order valence-electron chi connectivity index (χ3n) is 3.72. The third-order valence-corrected chi connectivity index (χ3v) is 3.72. The summed E-state index contributed by atoms with van der Waals surface area (Å²) in [4.78, 5) is 29.8. The zero-order valence-electron chi connectivity index (χ0n) is 11.3. The van der Waals surface area contributed by atoms with E-state index in [4.69, 9.17) is 4.74 Å². The third kappa shape index (κ3) is 2.51. The second-order valence-electron chi connectivity index (χ2n) is 5.23. The number of morpholine rings is 1. The molecule has 106 valence electrons. The molecule has 0 saturated carbocycles. The minimum absolute atomic E-state index is 0.0159. The van der Waals surface area contributed by atoms with E-state index in [9.17, 15) is 9.59 Å². The summed E-state index contributed by atoms with van der Waals surface area (Å²) in [5.74, 6) is -0.207. The number of carbonyl (C=O) groups excluding carboxylic acids is 2. The lowest BCUT2D eigenvalue weighted by Gasteiger charge is -2.40. The summed E-state index contributed by atoms with van der Waals surface area (Å²) in [6.45, 7) is 3.09. The van der Waals surface area contributed by atoms with Gasteiger partial charge < -0.3 is 15.0 Å². The number of hydrogen-bond acceptors (Lipinski definition) is 4. The Bertz CT molecular complexity index is 546. The summed E-state index contributed by atoms with van der Waals surface area (Å²) < 4.78 is 5.48. The Balaban J connectivity index is 1.72. The first-order valence-corrected chi connectivity index (χ1v) is 6.77. The summed E-state index contributed by atoms with van der Waals surface area (Å²) in [6.07, 6.45) is 0.755. The van der Waals surface area contributed by atoms with Crippen LogP contribution in [0.2, 0.25) is 0 Å². The maximum absolute atomic E-state index is 12.4. The zero-order valence-corrected chi connectivity index (χ0v) is 11.3. The van der Waals surface area contributed by atoms with Crippen LogP contribution in [0.1, 0.15) is 22.6 Å². The van der Waals surface area contributed by atoms with Crippen LogP contribution in [0.25, 0.3) is 0 Å². The molecule has 0 radical (unpaired) electrons. The number of nitrogens with one attached hydrogen (secondary N) is 1. The monoisotopic (exact) mass is 275 g/mol. The van der Waals surface area contributed by atoms with Gasteiger partial charge >= 0.3 is 0 Å². The van der Waals surface area contributed by atoms with Crippen LogP contribution in [0.5, 0.6) is 0 Å². The van der Waals surface area contributed by atoms with E-state index >= 15 is 0 Å². The van der Waals surface area contributed by atoms with Crippen molar-refractivity contribution in [1.82, 2.24) is 15.2 Å². The summed E-state index contributed by atoms with van der Waals surface area (Å²) in [5.41, 5.74) is 1.27. The molecule has 0 unspecified atom stereocenters. The molecule has 2 aliphatic heterocycles. The molecule has 0 spiro atoms. The van der Waals surface area contributed by atoms with Gasteiger partial charge in [0.05, 0.1) is 12.1 Å². The Hall–Kier alpha value is -1.95. The number of aromatic nitrogens is 1. The lowest BCUT2D eigenvalue weighted by atomic mass is 10.00. The summed E-state index contributed by atoms with van der Waals surface area (Å²) in [5, 5.41) is 2.89. The van der Waals surface area contributed by atoms with Crippen LogP contribution in [-0.2, 0) is 9.53 Å². The van der Waals surface area contributed by atoms with Crippen LogP contribution >= 0.6 is 0 Å². The Morgan fingerprint density at radius 1 is 1.50 bits per heavy atom. The van der Waals surface area contributed by atoms with Crippen LogP contribution < -0.4 is 5.32 Å². The second kappa shape index (κ2) is 5.20. The molecule has 2 fully saturated rings. The van der Waals surface area contributed by atoms with Crippen molar-refractivity contribution in [2.45, 2.75) is 25.5 Å². The molecule has 0 aliphatic carbocycles. The van der Waals surface area contributed by atoms with Gasteiger partial charge in [-0.2, -0.15) is 0 Å². The summed E-state index contributed by atoms with van der Waals surface area (Å²) in [6, 6.07) is 5.29. The molecule has 6 nitrogen and oxygen atoms in total. The van der Waals surface area contributed by atoms with Crippen molar-refractivity contribution < 1.29 is 14.3 Å². The number of amides is 2. The van der Waals surface area contributed by atoms with Gasteiger partial charge in [-0.05, 0) is 25.5 Å². The maximum Gasteiger partial charge on any atom is 0.272 e. The van der Waals surface area contributed by atoms with E-state index < -0.39 is 0 Å². The molecule has 3 heterocycles. The summed E-state index contributed by atoms with van der Waals surface area (Å²) >= 11 is 0. The lowest BCUT2D eigenvalue weighted by Crippen LogP contribution is -2.61. The molecule has 1 aromatic rings. The van der Waals surface area contributed by atoms with Crippen LogP contribution in [0.4, 0.5) is 0 Å². The van der Waals surface area contributed by atoms with E-state index in [0.29, 0.717) is 18.8 Å². The highest BCUT2D eigenvalue weighted by atomic mass is 16.5. The van der Waals surface area contributed by atoms with E-state index in [-0.39, 0.29) is 30.6 Å². The fourth-order valence-corrected chi connectivity index (χ4v) is 2.71. The van der Waals surface area contributed by atoms with Gasteiger partial charge in [-0.1, -0.05) is 6.07 Å². The molecule has 1 N–H and O–H groups in total. The largest absolute Gasteiger partial charge is 0.366 e. The molecule has 0 aromatic carbocycles. The van der Waals surface area contributed by atoms with E-state index in [1.165, 1.54) is 0 Å². The van der Waals surface area contributed by atoms with Gasteiger partial charge in [-0.25, -0.2) is 4.98 Å². The first-order chi connectivity index (χ1) is 9.63. The average Bonchev–Trinajstić information content (AvgIpc) is 2.45. The van der Waals surface area contributed by atoms with E-state index in [0.717, 1.165) is 12.1 Å². The molecule has 2 amide bonds. The van der Waals surface area contributed by atoms with Crippen LogP contribution in [0, 0.1) is 6.92 Å². The molecule has 20 heavy (non-hydrogen) atoms. The molecular weight excluding hydrogens is 258 g/mol. The molecule has 0 bridgehead atoms. The number of carbonyl (C=O) groups is 2. The van der Waals surface area contributed by atoms with Gasteiger partial charge in [-0.15, -0.1) is 0 Å². The Kier molecular flexibility index (Phi) is 3.40. The fraction of sp³-hybridized carbons (Fsp3) is 0.500. The van der Waals surface area contributed by atoms with Gasteiger partial charge in [-0.3, -0.25) is 9.59 Å². The second-order valence-corrected chi connectivity index (χ2v) is 5.23. The Morgan fingerprint density at radius 2 is 2.35 bits per heavy atom. The predicted molar refractivity (Wildman–Crippen MR) is 71.2 cm³/mol. The number of likely N-dealkylation sites (tertiary alicyclic amines) is 1. The number of piperidine rings is 1. The average molecular weight is 275 g/mol. The van der Waals surface area contributed by atoms with Gasteiger partial charge in [0.2, 0.25) is 5.91 Å². The first kappa shape index (κ1) is 13.1. The van der Waals surface area contributed by atoms with Crippen molar-refractivity contribution in [2.24, 2.45) is 0 Å². The van der Waals surface area contributed by atoms with Gasteiger partial charge in [0.15, 0.2) is 0 Å². The summed E-state index contributed by atoms with van der Waals surface area (Å²) in [7, 11) is 0. The molecule has 6 heteroatoms. The molecule has 3 rings (SSSR count). The minimum atomic E-state index is -0.116. The van der Waals surface area contributed by atoms with Crippen molar-refractivity contribution in [3.8, 4) is 0 Å². The number of ether oxygens (including phenoxy) is 1. The van der Waals surface area contributed by atoms with Crippen molar-refractivity contribution >= 4 is 11.8 Å². The van der Waals surface area contributed by atoms with Crippen LogP contribution in [-0.4, -0.2) is 53.5 Å². The van der Waals surface area contributed by atoms with Crippen LogP contribution in [0.15, 0.2) is 18.2 Å². The smallest absolute Gasteiger partial charge is 0.272 e. The van der Waals surface area contributed by atoms with Crippen molar-refractivity contribution in [1.29, 1.82) is 0 Å². The number of nitrogens with zero attached hydrogens (tertiary/aromatic N) is 2. The van der Waals surface area contributed by atoms with E-state index in [1.54, 1.807) is 11.0 Å². The zero-order chi connectivity index (χ0) is 14.1. The van der Waals surface area contributed by atoms with E-state index in [1.807, 2.05) is 19.1 Å². The highest BCUT2D eigenvalue weighted by Crippen LogP contribution is 2.19. The number of pyridine rings is 1. The van der Waals surface area contributed by atoms with Gasteiger partial charge in [0, 0.05) is 18.8 Å². The van der Waals surface area contributed by atoms with Crippen LogP contribution in [0.3, 0.4) is 0 Å². The molecule has 2 saturated heterocycles. The first-order valence-electron chi connectivity index (χ1n) is 6.77. The fourth-order valence-electron chi connectivity index (χ4n) is 2.71. The Morgan fingerprint density at radius 3 is 3.15 bits per heavy atom. The van der Waals surface area contributed by atoms with E-state index in [2.05, 4.69) is 10.3 Å². The highest BCUT2D eigenvalue weighted by Gasteiger charge is 2.36. The van der Waals surface area contributed by atoms with Gasteiger partial charge in [0.1, 0.15) is 12.3 Å². The molecule has 2 aliphatic rings. The number of hydrogen-bond donors (Lipinski definition) is 1. The Labute approximate surface area is 117 Å². The number of rotatable bonds is 1. The standard InChI is InChI=1S/C14H17N3O3/c1-9-3-2-4-10(15-9)14(19)17-6-5-12-11(7-17)16-13(18)8-20-12/h2-4,11-12H,5-8H2,1H3,(H,16,18)/t11-,12+/m0/s1. The molecule has 2 atom stereocenters. The quantitative estimate of drug-likeness (QED) is 0.790. The van der Waals surface area contributed by atoms with Crippen molar-refractivity contribution in [3.05, 3.63) is 29.6 Å². The normalized spacial score (nSPS) is 25.9.